The predicted molar refractivity (Wildman–Crippen MR) is 73.4 cm³/mol. The van der Waals surface area contributed by atoms with E-state index in [0.717, 1.165) is 4.47 Å². The first-order valence-electron chi connectivity index (χ1n) is 5.28. The van der Waals surface area contributed by atoms with Crippen molar-refractivity contribution in [2.45, 2.75) is 0 Å². The third-order valence-corrected chi connectivity index (χ3v) is 2.84. The summed E-state index contributed by atoms with van der Waals surface area (Å²) >= 11 is 3.31. The highest BCUT2D eigenvalue weighted by Gasteiger charge is 2.02. The van der Waals surface area contributed by atoms with Crippen LogP contribution in [-0.4, -0.2) is 15.9 Å². The van der Waals surface area contributed by atoms with E-state index in [1.54, 1.807) is 42.6 Å². The van der Waals surface area contributed by atoms with Gasteiger partial charge in [0.2, 0.25) is 0 Å². The van der Waals surface area contributed by atoms with Crippen LogP contribution in [-0.2, 0) is 0 Å². The number of halogens is 1. The number of aromatic hydroxyl groups is 1. The Morgan fingerprint density at radius 3 is 2.89 bits per heavy atom. The number of phenols is 1. The Kier molecular flexibility index (Phi) is 3.89. The molecule has 0 aliphatic heterocycles. The largest absolute Gasteiger partial charge is 0.507 e. The van der Waals surface area contributed by atoms with Gasteiger partial charge in [-0.15, -0.1) is 0 Å². The van der Waals surface area contributed by atoms with Crippen LogP contribution < -0.4 is 0 Å². The summed E-state index contributed by atoms with van der Waals surface area (Å²) in [6.45, 7) is 0. The SMILES string of the molecule is O=C(/C=C/c1cc(Br)ccc1O)c1cccnc1. The lowest BCUT2D eigenvalue weighted by Gasteiger charge is -1.99. The van der Waals surface area contributed by atoms with E-state index >= 15 is 0 Å². The van der Waals surface area contributed by atoms with Gasteiger partial charge in [-0.05, 0) is 42.5 Å². The zero-order chi connectivity index (χ0) is 13.0. The lowest BCUT2D eigenvalue weighted by molar-refractivity contribution is 0.104. The van der Waals surface area contributed by atoms with Crippen molar-refractivity contribution in [3.05, 3.63) is 64.4 Å². The van der Waals surface area contributed by atoms with Gasteiger partial charge in [-0.1, -0.05) is 15.9 Å². The van der Waals surface area contributed by atoms with Crippen molar-refractivity contribution in [2.24, 2.45) is 0 Å². The van der Waals surface area contributed by atoms with Crippen LogP contribution in [0.3, 0.4) is 0 Å². The van der Waals surface area contributed by atoms with Gasteiger partial charge in [0, 0.05) is 28.0 Å². The fraction of sp³-hybridized carbons (Fsp3) is 0. The highest BCUT2D eigenvalue weighted by molar-refractivity contribution is 9.10. The fourth-order valence-electron chi connectivity index (χ4n) is 1.43. The average molecular weight is 304 g/mol. The van der Waals surface area contributed by atoms with E-state index in [9.17, 15) is 9.90 Å². The summed E-state index contributed by atoms with van der Waals surface area (Å²) in [6, 6.07) is 8.44. The van der Waals surface area contributed by atoms with Crippen LogP contribution in [0.4, 0.5) is 0 Å². The molecule has 0 fully saturated rings. The molecule has 0 atom stereocenters. The van der Waals surface area contributed by atoms with Gasteiger partial charge in [-0.25, -0.2) is 0 Å². The fourth-order valence-corrected chi connectivity index (χ4v) is 1.81. The number of hydrogen-bond donors (Lipinski definition) is 1. The number of carbonyl (C=O) groups is 1. The molecule has 18 heavy (non-hydrogen) atoms. The maximum absolute atomic E-state index is 11.8. The quantitative estimate of drug-likeness (QED) is 0.698. The van der Waals surface area contributed by atoms with Gasteiger partial charge in [-0.3, -0.25) is 9.78 Å². The summed E-state index contributed by atoms with van der Waals surface area (Å²) in [5, 5.41) is 9.62. The molecule has 90 valence electrons. The van der Waals surface area contributed by atoms with Crippen LogP contribution in [0, 0.1) is 0 Å². The van der Waals surface area contributed by atoms with Gasteiger partial charge in [0.1, 0.15) is 5.75 Å². The molecule has 1 heterocycles. The van der Waals surface area contributed by atoms with Crippen LogP contribution >= 0.6 is 15.9 Å². The Morgan fingerprint density at radius 1 is 1.33 bits per heavy atom. The molecule has 0 saturated carbocycles. The lowest BCUT2D eigenvalue weighted by atomic mass is 10.1. The van der Waals surface area contributed by atoms with Gasteiger partial charge >= 0.3 is 0 Å². The minimum absolute atomic E-state index is 0.133. The Hall–Kier alpha value is -1.94. The summed E-state index contributed by atoms with van der Waals surface area (Å²) in [4.78, 5) is 15.7. The summed E-state index contributed by atoms with van der Waals surface area (Å²) in [5.41, 5.74) is 1.10. The minimum Gasteiger partial charge on any atom is -0.507 e. The molecule has 3 nitrogen and oxygen atoms in total. The Bertz CT molecular complexity index is 594. The summed E-state index contributed by atoms with van der Waals surface area (Å²) in [7, 11) is 0. The Balaban J connectivity index is 2.21. The van der Waals surface area contributed by atoms with Gasteiger partial charge in [-0.2, -0.15) is 0 Å². The summed E-state index contributed by atoms with van der Waals surface area (Å²) < 4.78 is 0.841. The first kappa shape index (κ1) is 12.5. The summed E-state index contributed by atoms with van der Waals surface area (Å²) in [6.07, 6.45) is 6.11. The maximum Gasteiger partial charge on any atom is 0.187 e. The third-order valence-electron chi connectivity index (χ3n) is 2.35. The van der Waals surface area contributed by atoms with Gasteiger partial charge < -0.3 is 5.11 Å². The van der Waals surface area contributed by atoms with E-state index < -0.39 is 0 Å². The van der Waals surface area contributed by atoms with Crippen LogP contribution in [0.25, 0.3) is 6.08 Å². The van der Waals surface area contributed by atoms with Crippen LogP contribution in [0.1, 0.15) is 15.9 Å². The van der Waals surface area contributed by atoms with Crippen LogP contribution in [0.2, 0.25) is 0 Å². The second-order valence-corrected chi connectivity index (χ2v) is 4.56. The number of carbonyl (C=O) groups excluding carboxylic acids is 1. The standard InChI is InChI=1S/C14H10BrNO2/c15-12-4-6-13(17)10(8-12)3-5-14(18)11-2-1-7-16-9-11/h1-9,17H/b5-3+. The predicted octanol–water partition coefficient (Wildman–Crippen LogP) is 3.45. The zero-order valence-corrected chi connectivity index (χ0v) is 11.0. The normalized spacial score (nSPS) is 10.7. The number of rotatable bonds is 3. The number of allylic oxidation sites excluding steroid dienone is 1. The topological polar surface area (TPSA) is 50.2 Å². The van der Waals surface area contributed by atoms with Gasteiger partial charge in [0.05, 0.1) is 0 Å². The Labute approximate surface area is 113 Å². The van der Waals surface area contributed by atoms with Gasteiger partial charge in [0.15, 0.2) is 5.78 Å². The molecule has 0 spiro atoms. The lowest BCUT2D eigenvalue weighted by Crippen LogP contribution is -1.94. The van der Waals surface area contributed by atoms with Crippen molar-refractivity contribution in [3.8, 4) is 5.75 Å². The zero-order valence-electron chi connectivity index (χ0n) is 9.38. The highest BCUT2D eigenvalue weighted by atomic mass is 79.9. The molecule has 1 aromatic heterocycles. The van der Waals surface area contributed by atoms with Crippen molar-refractivity contribution in [1.82, 2.24) is 4.98 Å². The molecule has 4 heteroatoms. The van der Waals surface area contributed by atoms with Crippen LogP contribution in [0.5, 0.6) is 5.75 Å². The van der Waals surface area contributed by atoms with E-state index in [2.05, 4.69) is 20.9 Å². The number of benzene rings is 1. The summed E-state index contributed by atoms with van der Waals surface area (Å²) in [5.74, 6) is -0.0177. The van der Waals surface area contributed by atoms with Gasteiger partial charge in [0.25, 0.3) is 0 Å². The molecule has 0 bridgehead atoms. The minimum atomic E-state index is -0.150. The van der Waals surface area contributed by atoms with Crippen molar-refractivity contribution < 1.29 is 9.90 Å². The first-order valence-corrected chi connectivity index (χ1v) is 6.07. The number of hydrogen-bond acceptors (Lipinski definition) is 3. The Morgan fingerprint density at radius 2 is 2.17 bits per heavy atom. The molecule has 2 aromatic rings. The molecular weight excluding hydrogens is 294 g/mol. The number of nitrogens with zero attached hydrogens (tertiary/aromatic N) is 1. The molecule has 0 aliphatic rings. The third kappa shape index (κ3) is 3.05. The second kappa shape index (κ2) is 5.60. The smallest absolute Gasteiger partial charge is 0.187 e. The van der Waals surface area contributed by atoms with E-state index in [0.29, 0.717) is 11.1 Å². The van der Waals surface area contributed by atoms with Crippen molar-refractivity contribution >= 4 is 27.8 Å². The molecular formula is C14H10BrNO2. The van der Waals surface area contributed by atoms with E-state index in [1.807, 2.05) is 0 Å². The first-order chi connectivity index (χ1) is 8.66. The van der Waals surface area contributed by atoms with Crippen molar-refractivity contribution in [3.63, 3.8) is 0 Å². The van der Waals surface area contributed by atoms with Crippen molar-refractivity contribution in [1.29, 1.82) is 0 Å². The highest BCUT2D eigenvalue weighted by Crippen LogP contribution is 2.23. The molecule has 1 N–H and O–H groups in total. The number of aromatic nitrogens is 1. The monoisotopic (exact) mass is 303 g/mol. The van der Waals surface area contributed by atoms with E-state index in [-0.39, 0.29) is 11.5 Å². The molecule has 0 aliphatic carbocycles. The molecule has 0 unspecified atom stereocenters. The number of phenolic OH excluding ortho intramolecular Hbond substituents is 1. The van der Waals surface area contributed by atoms with E-state index in [4.69, 9.17) is 0 Å². The molecule has 1 aromatic carbocycles. The number of pyridine rings is 1. The second-order valence-electron chi connectivity index (χ2n) is 3.64. The maximum atomic E-state index is 11.8. The van der Waals surface area contributed by atoms with Crippen LogP contribution in [0.15, 0.2) is 53.3 Å². The molecule has 0 radical (unpaired) electrons. The average Bonchev–Trinajstić information content (AvgIpc) is 2.40. The van der Waals surface area contributed by atoms with E-state index in [1.165, 1.54) is 12.3 Å². The molecule has 0 saturated heterocycles. The van der Waals surface area contributed by atoms with Crippen molar-refractivity contribution in [2.75, 3.05) is 0 Å². The molecule has 0 amide bonds. The number of ketones is 1. The molecule has 2 rings (SSSR count).